The molecule has 0 spiro atoms. The minimum absolute atomic E-state index is 1.03. The van der Waals surface area contributed by atoms with Gasteiger partial charge in [0, 0.05) is 0 Å². The normalized spacial score (nSPS) is 10.0. The first-order chi connectivity index (χ1) is 7.26. The number of hydrogen-bond donors (Lipinski definition) is 0. The van der Waals surface area contributed by atoms with Crippen LogP contribution in [-0.4, -0.2) is 0 Å². The lowest BCUT2D eigenvalue weighted by atomic mass is 9.93. The van der Waals surface area contributed by atoms with Crippen molar-refractivity contribution in [3.63, 3.8) is 0 Å². The predicted octanol–water partition coefficient (Wildman–Crippen LogP) is 6.20. The highest BCUT2D eigenvalue weighted by atomic mass is 14.1. The van der Waals surface area contributed by atoms with Gasteiger partial charge in [-0.25, -0.2) is 0 Å². The van der Waals surface area contributed by atoms with Crippen molar-refractivity contribution in [2.45, 2.75) is 92.4 Å². The fourth-order valence-electron chi connectivity index (χ4n) is 1.74. The Morgan fingerprint density at radius 1 is 0.533 bits per heavy atom. The summed E-state index contributed by atoms with van der Waals surface area (Å²) in [7, 11) is 0. The molecule has 0 nitrogen and oxygen atoms in total. The van der Waals surface area contributed by atoms with Gasteiger partial charge in [-0.15, -0.1) is 0 Å². The van der Waals surface area contributed by atoms with Crippen molar-refractivity contribution in [2.75, 3.05) is 0 Å². The van der Waals surface area contributed by atoms with Crippen molar-refractivity contribution in [1.29, 1.82) is 0 Å². The molecule has 0 bridgehead atoms. The first-order valence-electron chi connectivity index (χ1n) is 7.26. The largest absolute Gasteiger partial charge is 0.0654 e. The molecule has 0 heterocycles. The molecule has 94 valence electrons. The van der Waals surface area contributed by atoms with Gasteiger partial charge in [0.2, 0.25) is 0 Å². The van der Waals surface area contributed by atoms with Crippen molar-refractivity contribution in [3.05, 3.63) is 0 Å². The zero-order valence-electron chi connectivity index (χ0n) is 11.9. The molecule has 0 N–H and O–H groups in total. The molecule has 0 aromatic carbocycles. The standard InChI is InChI=1S/C11H24.C4H10/c1-4-7-10-11(8-5-2)9-6-3;1-3-4-2/h11H,4-10H2,1-3H3;3-4H2,1-2H3. The Morgan fingerprint density at radius 2 is 1.00 bits per heavy atom. The average molecular weight is 214 g/mol. The molecule has 0 rings (SSSR count). The second-order valence-electron chi connectivity index (χ2n) is 4.59. The smallest absolute Gasteiger partial charge is 0.0414 e. The second kappa shape index (κ2) is 16.4. The first-order valence-corrected chi connectivity index (χ1v) is 7.26. The van der Waals surface area contributed by atoms with Crippen molar-refractivity contribution >= 4 is 0 Å². The van der Waals surface area contributed by atoms with Gasteiger partial charge >= 0.3 is 0 Å². The first kappa shape index (κ1) is 17.4. The van der Waals surface area contributed by atoms with Crippen LogP contribution in [0.3, 0.4) is 0 Å². The van der Waals surface area contributed by atoms with Gasteiger partial charge in [0.25, 0.3) is 0 Å². The number of hydrogen-bond acceptors (Lipinski definition) is 0. The molecule has 0 aliphatic heterocycles. The van der Waals surface area contributed by atoms with E-state index >= 15 is 0 Å². The van der Waals surface area contributed by atoms with E-state index < -0.39 is 0 Å². The quantitative estimate of drug-likeness (QED) is 0.451. The molecular weight excluding hydrogens is 180 g/mol. The van der Waals surface area contributed by atoms with E-state index in [0.717, 1.165) is 5.92 Å². The van der Waals surface area contributed by atoms with Crippen LogP contribution in [0.25, 0.3) is 0 Å². The summed E-state index contributed by atoms with van der Waals surface area (Å²) in [6.07, 6.45) is 12.6. The number of unbranched alkanes of at least 4 members (excludes halogenated alkanes) is 2. The van der Waals surface area contributed by atoms with Crippen LogP contribution in [0, 0.1) is 5.92 Å². The van der Waals surface area contributed by atoms with Crippen molar-refractivity contribution < 1.29 is 0 Å². The molecule has 0 atom stereocenters. The molecule has 0 unspecified atom stereocenters. The molecule has 0 radical (unpaired) electrons. The molecule has 0 heteroatoms. The zero-order chi connectivity index (χ0) is 11.9. The van der Waals surface area contributed by atoms with Gasteiger partial charge in [0.05, 0.1) is 0 Å². The van der Waals surface area contributed by atoms with Crippen LogP contribution in [0.2, 0.25) is 0 Å². The maximum Gasteiger partial charge on any atom is -0.0414 e. The third-order valence-electron chi connectivity index (χ3n) is 2.86. The van der Waals surface area contributed by atoms with Gasteiger partial charge in [-0.05, 0) is 5.92 Å². The minimum atomic E-state index is 1.03. The van der Waals surface area contributed by atoms with Crippen LogP contribution in [0.15, 0.2) is 0 Å². The summed E-state index contributed by atoms with van der Waals surface area (Å²) in [6.45, 7) is 11.2. The van der Waals surface area contributed by atoms with Gasteiger partial charge < -0.3 is 0 Å². The van der Waals surface area contributed by atoms with Crippen molar-refractivity contribution in [1.82, 2.24) is 0 Å². The molecular formula is C15H34. The predicted molar refractivity (Wildman–Crippen MR) is 73.4 cm³/mol. The summed E-state index contributed by atoms with van der Waals surface area (Å²) in [5, 5.41) is 0. The lowest BCUT2D eigenvalue weighted by Gasteiger charge is -2.13. The van der Waals surface area contributed by atoms with Gasteiger partial charge in [-0.3, -0.25) is 0 Å². The van der Waals surface area contributed by atoms with Crippen LogP contribution in [0.4, 0.5) is 0 Å². The van der Waals surface area contributed by atoms with Crippen LogP contribution in [0.1, 0.15) is 92.4 Å². The minimum Gasteiger partial charge on any atom is -0.0654 e. The Hall–Kier alpha value is 0. The topological polar surface area (TPSA) is 0 Å². The highest BCUT2D eigenvalue weighted by molar-refractivity contribution is 4.57. The average Bonchev–Trinajstić information content (AvgIpc) is 2.27. The van der Waals surface area contributed by atoms with Gasteiger partial charge in [-0.1, -0.05) is 92.4 Å². The molecule has 0 aliphatic rings. The molecule has 15 heavy (non-hydrogen) atoms. The van der Waals surface area contributed by atoms with E-state index in [1.165, 1.54) is 57.8 Å². The highest BCUT2D eigenvalue weighted by Crippen LogP contribution is 2.19. The van der Waals surface area contributed by atoms with Gasteiger partial charge in [-0.2, -0.15) is 0 Å². The van der Waals surface area contributed by atoms with E-state index in [0.29, 0.717) is 0 Å². The Balaban J connectivity index is 0. The molecule has 0 aromatic heterocycles. The maximum absolute atomic E-state index is 2.30. The van der Waals surface area contributed by atoms with E-state index in [4.69, 9.17) is 0 Å². The summed E-state index contributed by atoms with van der Waals surface area (Å²) in [5.74, 6) is 1.03. The SMILES string of the molecule is CCCC.CCCCC(CCC)CCC. The Kier molecular flexibility index (Phi) is 19.1. The fourth-order valence-corrected chi connectivity index (χ4v) is 1.74. The van der Waals surface area contributed by atoms with Crippen molar-refractivity contribution in [3.8, 4) is 0 Å². The highest BCUT2D eigenvalue weighted by Gasteiger charge is 2.04. The second-order valence-corrected chi connectivity index (χ2v) is 4.59. The molecule has 0 saturated heterocycles. The lowest BCUT2D eigenvalue weighted by molar-refractivity contribution is 0.398. The van der Waals surface area contributed by atoms with Crippen molar-refractivity contribution in [2.24, 2.45) is 5.92 Å². The molecule has 0 amide bonds. The Labute approximate surface area is 98.9 Å². The fraction of sp³-hybridized carbons (Fsp3) is 1.00. The molecule has 0 aromatic rings. The summed E-state index contributed by atoms with van der Waals surface area (Å²) >= 11 is 0. The van der Waals surface area contributed by atoms with Crippen LogP contribution in [0.5, 0.6) is 0 Å². The summed E-state index contributed by atoms with van der Waals surface area (Å²) in [6, 6.07) is 0. The lowest BCUT2D eigenvalue weighted by Crippen LogP contribution is -1.99. The van der Waals surface area contributed by atoms with E-state index in [-0.39, 0.29) is 0 Å². The van der Waals surface area contributed by atoms with E-state index in [9.17, 15) is 0 Å². The third-order valence-corrected chi connectivity index (χ3v) is 2.86. The van der Waals surface area contributed by atoms with Crippen LogP contribution >= 0.6 is 0 Å². The van der Waals surface area contributed by atoms with Crippen LogP contribution < -0.4 is 0 Å². The molecule has 0 aliphatic carbocycles. The number of rotatable bonds is 8. The molecule has 0 fully saturated rings. The zero-order valence-corrected chi connectivity index (χ0v) is 11.9. The summed E-state index contributed by atoms with van der Waals surface area (Å²) < 4.78 is 0. The van der Waals surface area contributed by atoms with Crippen LogP contribution in [-0.2, 0) is 0 Å². The summed E-state index contributed by atoms with van der Waals surface area (Å²) in [5.41, 5.74) is 0. The third kappa shape index (κ3) is 16.7. The van der Waals surface area contributed by atoms with E-state index in [2.05, 4.69) is 34.6 Å². The Bertz CT molecular complexity index is 78.0. The van der Waals surface area contributed by atoms with Gasteiger partial charge in [0.15, 0.2) is 0 Å². The van der Waals surface area contributed by atoms with Gasteiger partial charge in [0.1, 0.15) is 0 Å². The molecule has 0 saturated carbocycles. The summed E-state index contributed by atoms with van der Waals surface area (Å²) in [4.78, 5) is 0. The monoisotopic (exact) mass is 214 g/mol. The maximum atomic E-state index is 2.30. The van der Waals surface area contributed by atoms with E-state index in [1.54, 1.807) is 0 Å². The Morgan fingerprint density at radius 3 is 1.27 bits per heavy atom. The van der Waals surface area contributed by atoms with E-state index in [1.807, 2.05) is 0 Å².